The van der Waals surface area contributed by atoms with E-state index in [1.165, 1.54) is 35.1 Å². The lowest BCUT2D eigenvalue weighted by molar-refractivity contribution is 0.600. The molecule has 25 heavy (non-hydrogen) atoms. The molecule has 7 nitrogen and oxygen atoms in total. The van der Waals surface area contributed by atoms with E-state index in [-0.39, 0.29) is 11.8 Å². The van der Waals surface area contributed by atoms with Crippen LogP contribution in [0.4, 0.5) is 5.00 Å². The third-order valence-corrected chi connectivity index (χ3v) is 8.05. The number of nitrogens with zero attached hydrogens (tertiary/aromatic N) is 2. The number of sulfonamides is 1. The summed E-state index contributed by atoms with van der Waals surface area (Å²) in [6, 6.07) is 0. The first-order valence-corrected chi connectivity index (χ1v) is 12.9. The molecule has 1 unspecified atom stereocenters. The Kier molecular flexibility index (Phi) is 5.92. The summed E-state index contributed by atoms with van der Waals surface area (Å²) in [6.07, 6.45) is 4.32. The van der Waals surface area contributed by atoms with Crippen LogP contribution in [0.15, 0.2) is 10.4 Å². The maximum absolute atomic E-state index is 12.0. The zero-order chi connectivity index (χ0) is 19.0. The second kappa shape index (κ2) is 7.29. The molecule has 0 saturated carbocycles. The lowest BCUT2D eigenvalue weighted by Crippen LogP contribution is -2.07. The molecule has 0 aliphatic heterocycles. The van der Waals surface area contributed by atoms with Gasteiger partial charge < -0.3 is 0 Å². The van der Waals surface area contributed by atoms with Gasteiger partial charge in [-0.25, -0.2) is 26.8 Å². The Balaban J connectivity index is 2.22. The predicted octanol–water partition coefficient (Wildman–Crippen LogP) is 2.84. The number of rotatable bonds is 7. The van der Waals surface area contributed by atoms with Crippen molar-refractivity contribution in [2.45, 2.75) is 43.2 Å². The minimum absolute atomic E-state index is 0.00122. The molecule has 1 N–H and O–H groups in total. The van der Waals surface area contributed by atoms with Gasteiger partial charge in [-0.1, -0.05) is 20.8 Å². The molecule has 0 aliphatic rings. The van der Waals surface area contributed by atoms with Gasteiger partial charge in [0.05, 0.1) is 28.2 Å². The summed E-state index contributed by atoms with van der Waals surface area (Å²) in [4.78, 5) is 8.77. The number of nitrogens with one attached hydrogen (secondary N) is 1. The van der Waals surface area contributed by atoms with Crippen molar-refractivity contribution < 1.29 is 16.8 Å². The highest BCUT2D eigenvalue weighted by atomic mass is 32.2. The van der Waals surface area contributed by atoms with Gasteiger partial charge in [0.1, 0.15) is 9.21 Å². The molecule has 0 amide bonds. The first-order valence-electron chi connectivity index (χ1n) is 7.50. The fraction of sp³-hybridized carbons (Fsp3) is 0.571. The Morgan fingerprint density at radius 1 is 1.12 bits per heavy atom. The zero-order valence-electron chi connectivity index (χ0n) is 14.6. The average Bonchev–Trinajstić information content (AvgIpc) is 3.02. The minimum Gasteiger partial charge on any atom is -0.273 e. The van der Waals surface area contributed by atoms with Crippen LogP contribution in [-0.2, 0) is 26.3 Å². The maximum Gasteiger partial charge on any atom is 0.230 e. The fourth-order valence-corrected chi connectivity index (χ4v) is 6.57. The van der Waals surface area contributed by atoms with E-state index >= 15 is 0 Å². The molecular formula is C14H21N3O4S4. The molecule has 2 heterocycles. The van der Waals surface area contributed by atoms with Crippen LogP contribution in [-0.4, -0.2) is 39.3 Å². The van der Waals surface area contributed by atoms with Crippen molar-refractivity contribution in [3.8, 4) is 0 Å². The number of anilines is 1. The maximum atomic E-state index is 12.0. The van der Waals surface area contributed by atoms with E-state index in [9.17, 15) is 16.8 Å². The van der Waals surface area contributed by atoms with Crippen molar-refractivity contribution in [1.82, 2.24) is 9.97 Å². The van der Waals surface area contributed by atoms with Gasteiger partial charge >= 0.3 is 0 Å². The molecule has 11 heteroatoms. The summed E-state index contributed by atoms with van der Waals surface area (Å²) < 4.78 is 49.2. The molecule has 1 atom stereocenters. The van der Waals surface area contributed by atoms with Gasteiger partial charge in [0.25, 0.3) is 0 Å². The number of aromatic nitrogens is 2. The monoisotopic (exact) mass is 423 g/mol. The average molecular weight is 424 g/mol. The molecule has 0 fully saturated rings. The van der Waals surface area contributed by atoms with Crippen LogP contribution in [0.5, 0.6) is 0 Å². The molecule has 2 aromatic heterocycles. The predicted molar refractivity (Wildman–Crippen MR) is 102 cm³/mol. The summed E-state index contributed by atoms with van der Waals surface area (Å²) in [6.45, 7) is 5.79. The van der Waals surface area contributed by atoms with Crippen LogP contribution < -0.4 is 4.72 Å². The standard InChI is InChI=1S/C14H21N3O4S4/c1-8(2)12-14(24(4,18)19)23-10(16-12)6-9(3)13-15-7-11(22-13)17-25(5,20)21/h7-9,17H,6H2,1-5H3. The highest BCUT2D eigenvalue weighted by Gasteiger charge is 2.23. The molecule has 0 aromatic carbocycles. The van der Waals surface area contributed by atoms with E-state index in [2.05, 4.69) is 14.7 Å². The van der Waals surface area contributed by atoms with Crippen molar-refractivity contribution >= 4 is 47.5 Å². The summed E-state index contributed by atoms with van der Waals surface area (Å²) in [5.74, 6) is 0.0224. The SMILES string of the molecule is CC(C)c1nc(CC(C)c2ncc(NS(C)(=O)=O)s2)sc1S(C)(=O)=O. The van der Waals surface area contributed by atoms with Gasteiger partial charge in [-0.15, -0.1) is 22.7 Å². The second-order valence-corrected chi connectivity index (χ2v) is 12.4. The Morgan fingerprint density at radius 2 is 1.76 bits per heavy atom. The van der Waals surface area contributed by atoms with E-state index in [4.69, 9.17) is 0 Å². The van der Waals surface area contributed by atoms with E-state index in [1.54, 1.807) is 0 Å². The van der Waals surface area contributed by atoms with E-state index < -0.39 is 19.9 Å². The van der Waals surface area contributed by atoms with Gasteiger partial charge in [0.15, 0.2) is 9.84 Å². The zero-order valence-corrected chi connectivity index (χ0v) is 17.9. The Morgan fingerprint density at radius 3 is 2.24 bits per heavy atom. The van der Waals surface area contributed by atoms with Crippen molar-refractivity contribution in [1.29, 1.82) is 0 Å². The van der Waals surface area contributed by atoms with Crippen molar-refractivity contribution in [2.75, 3.05) is 17.2 Å². The molecule has 0 spiro atoms. The largest absolute Gasteiger partial charge is 0.273 e. The fourth-order valence-electron chi connectivity index (χ4n) is 2.17. The second-order valence-electron chi connectivity index (χ2n) is 6.25. The van der Waals surface area contributed by atoms with Crippen molar-refractivity contribution in [3.05, 3.63) is 21.9 Å². The Labute approximate surface area is 156 Å². The number of thiazole rings is 2. The molecule has 0 bridgehead atoms. The minimum atomic E-state index is -3.33. The quantitative estimate of drug-likeness (QED) is 0.734. The summed E-state index contributed by atoms with van der Waals surface area (Å²) in [5, 5.41) is 1.97. The van der Waals surface area contributed by atoms with Gasteiger partial charge in [0, 0.05) is 18.6 Å². The van der Waals surface area contributed by atoms with Crippen LogP contribution in [0.25, 0.3) is 0 Å². The first-order chi connectivity index (χ1) is 11.4. The Bertz CT molecular complexity index is 958. The normalized spacial score (nSPS) is 14.0. The van der Waals surface area contributed by atoms with Gasteiger partial charge in [-0.05, 0) is 5.92 Å². The van der Waals surface area contributed by atoms with E-state index in [0.29, 0.717) is 21.3 Å². The van der Waals surface area contributed by atoms with Crippen LogP contribution >= 0.6 is 22.7 Å². The summed E-state index contributed by atoms with van der Waals surface area (Å²) in [5.41, 5.74) is 0.605. The third kappa shape index (κ3) is 5.47. The van der Waals surface area contributed by atoms with Gasteiger partial charge in [-0.3, -0.25) is 4.72 Å². The van der Waals surface area contributed by atoms with Crippen LogP contribution in [0.1, 0.15) is 48.3 Å². The van der Waals surface area contributed by atoms with Crippen LogP contribution in [0, 0.1) is 0 Å². The summed E-state index contributed by atoms with van der Waals surface area (Å²) in [7, 11) is -6.64. The molecule has 2 aromatic rings. The van der Waals surface area contributed by atoms with E-state index in [0.717, 1.165) is 16.3 Å². The molecule has 2 rings (SSSR count). The van der Waals surface area contributed by atoms with Gasteiger partial charge in [-0.2, -0.15) is 0 Å². The van der Waals surface area contributed by atoms with Crippen molar-refractivity contribution in [3.63, 3.8) is 0 Å². The summed E-state index contributed by atoms with van der Waals surface area (Å²) >= 11 is 2.47. The molecular weight excluding hydrogens is 402 g/mol. The molecule has 140 valence electrons. The van der Waals surface area contributed by atoms with E-state index in [1.807, 2.05) is 20.8 Å². The highest BCUT2D eigenvalue weighted by Crippen LogP contribution is 2.33. The number of sulfone groups is 1. The number of hydrogen-bond acceptors (Lipinski definition) is 8. The lowest BCUT2D eigenvalue weighted by atomic mass is 10.1. The molecule has 0 radical (unpaired) electrons. The van der Waals surface area contributed by atoms with Crippen LogP contribution in [0.3, 0.4) is 0 Å². The lowest BCUT2D eigenvalue weighted by Gasteiger charge is -2.05. The van der Waals surface area contributed by atoms with Crippen molar-refractivity contribution in [2.24, 2.45) is 0 Å². The highest BCUT2D eigenvalue weighted by molar-refractivity contribution is 7.92. The topological polar surface area (TPSA) is 106 Å². The molecule has 0 aliphatic carbocycles. The smallest absolute Gasteiger partial charge is 0.230 e. The van der Waals surface area contributed by atoms with Crippen LogP contribution in [0.2, 0.25) is 0 Å². The first kappa shape index (κ1) is 20.3. The number of hydrogen-bond donors (Lipinski definition) is 1. The Hall–Kier alpha value is -1.04. The third-order valence-electron chi connectivity index (χ3n) is 3.26. The molecule has 0 saturated heterocycles. The van der Waals surface area contributed by atoms with Gasteiger partial charge in [0.2, 0.25) is 10.0 Å².